The summed E-state index contributed by atoms with van der Waals surface area (Å²) in [6.07, 6.45) is 0.921. The molecule has 19 heavy (non-hydrogen) atoms. The SMILES string of the molecule is CCOCCOc1ccc(C(=O)NC(C)CC)cc1. The summed E-state index contributed by atoms with van der Waals surface area (Å²) in [5.74, 6) is 0.704. The molecule has 1 aromatic carbocycles. The normalized spacial score (nSPS) is 11.9. The molecular formula is C15H23NO3. The molecule has 1 aromatic rings. The zero-order valence-electron chi connectivity index (χ0n) is 11.9. The van der Waals surface area contributed by atoms with Gasteiger partial charge in [0, 0.05) is 18.2 Å². The highest BCUT2D eigenvalue weighted by molar-refractivity contribution is 5.94. The molecule has 0 heterocycles. The Kier molecular flexibility index (Phi) is 6.97. The number of nitrogens with one attached hydrogen (secondary N) is 1. The van der Waals surface area contributed by atoms with Crippen molar-refractivity contribution >= 4 is 5.91 Å². The van der Waals surface area contributed by atoms with Crippen LogP contribution in [0.2, 0.25) is 0 Å². The van der Waals surface area contributed by atoms with Gasteiger partial charge in [-0.25, -0.2) is 0 Å². The van der Waals surface area contributed by atoms with Crippen molar-refractivity contribution in [3.63, 3.8) is 0 Å². The Morgan fingerprint density at radius 3 is 2.47 bits per heavy atom. The zero-order chi connectivity index (χ0) is 14.1. The first kappa shape index (κ1) is 15.5. The standard InChI is InChI=1S/C15H23NO3/c1-4-12(3)16-15(17)13-6-8-14(9-7-13)19-11-10-18-5-2/h6-9,12H,4-5,10-11H2,1-3H3,(H,16,17). The predicted molar refractivity (Wildman–Crippen MR) is 75.6 cm³/mol. The lowest BCUT2D eigenvalue weighted by atomic mass is 10.2. The van der Waals surface area contributed by atoms with Gasteiger partial charge in [-0.2, -0.15) is 0 Å². The highest BCUT2D eigenvalue weighted by Crippen LogP contribution is 2.12. The maximum absolute atomic E-state index is 11.9. The van der Waals surface area contributed by atoms with Gasteiger partial charge in [0.25, 0.3) is 5.91 Å². The molecule has 0 spiro atoms. The molecular weight excluding hydrogens is 242 g/mol. The second-order valence-electron chi connectivity index (χ2n) is 4.35. The van der Waals surface area contributed by atoms with Gasteiger partial charge in [0.15, 0.2) is 0 Å². The van der Waals surface area contributed by atoms with Gasteiger partial charge in [-0.3, -0.25) is 4.79 Å². The number of benzene rings is 1. The first-order valence-corrected chi connectivity index (χ1v) is 6.78. The van der Waals surface area contributed by atoms with E-state index in [-0.39, 0.29) is 11.9 Å². The van der Waals surface area contributed by atoms with E-state index >= 15 is 0 Å². The lowest BCUT2D eigenvalue weighted by Gasteiger charge is -2.11. The summed E-state index contributed by atoms with van der Waals surface area (Å²) < 4.78 is 10.7. The Bertz CT molecular complexity index is 375. The molecule has 1 N–H and O–H groups in total. The largest absolute Gasteiger partial charge is 0.491 e. The number of amides is 1. The molecule has 4 heteroatoms. The molecule has 1 atom stereocenters. The van der Waals surface area contributed by atoms with Crippen molar-refractivity contribution in [1.29, 1.82) is 0 Å². The Labute approximate surface area is 115 Å². The third-order valence-electron chi connectivity index (χ3n) is 2.81. The van der Waals surface area contributed by atoms with Crippen LogP contribution in [-0.4, -0.2) is 31.8 Å². The number of hydrogen-bond acceptors (Lipinski definition) is 3. The summed E-state index contributed by atoms with van der Waals surface area (Å²) in [5, 5.41) is 2.93. The minimum atomic E-state index is -0.0461. The van der Waals surface area contributed by atoms with Gasteiger partial charge in [0.2, 0.25) is 0 Å². The molecule has 4 nitrogen and oxygen atoms in total. The molecule has 0 aliphatic rings. The van der Waals surface area contributed by atoms with Crippen LogP contribution in [0.4, 0.5) is 0 Å². The first-order valence-electron chi connectivity index (χ1n) is 6.78. The van der Waals surface area contributed by atoms with Gasteiger partial charge >= 0.3 is 0 Å². The van der Waals surface area contributed by atoms with Crippen LogP contribution in [0.3, 0.4) is 0 Å². The molecule has 0 fully saturated rings. The summed E-state index contributed by atoms with van der Waals surface area (Å²) in [5.41, 5.74) is 0.650. The van der Waals surface area contributed by atoms with Crippen molar-refractivity contribution in [2.24, 2.45) is 0 Å². The quantitative estimate of drug-likeness (QED) is 0.735. The Morgan fingerprint density at radius 2 is 1.89 bits per heavy atom. The number of rotatable bonds is 8. The van der Waals surface area contributed by atoms with Crippen molar-refractivity contribution in [1.82, 2.24) is 5.32 Å². The maximum atomic E-state index is 11.9. The molecule has 0 saturated carbocycles. The van der Waals surface area contributed by atoms with E-state index in [4.69, 9.17) is 9.47 Å². The minimum Gasteiger partial charge on any atom is -0.491 e. The van der Waals surface area contributed by atoms with E-state index in [2.05, 4.69) is 5.32 Å². The van der Waals surface area contributed by atoms with Crippen LogP contribution in [0.1, 0.15) is 37.6 Å². The molecule has 0 radical (unpaired) electrons. The van der Waals surface area contributed by atoms with Crippen molar-refractivity contribution in [3.8, 4) is 5.75 Å². The Balaban J connectivity index is 2.44. The van der Waals surface area contributed by atoms with Crippen molar-refractivity contribution in [3.05, 3.63) is 29.8 Å². The average molecular weight is 265 g/mol. The van der Waals surface area contributed by atoms with Gasteiger partial charge in [-0.05, 0) is 44.5 Å². The molecule has 106 valence electrons. The molecule has 0 aliphatic heterocycles. The maximum Gasteiger partial charge on any atom is 0.251 e. The lowest BCUT2D eigenvalue weighted by molar-refractivity contribution is 0.0939. The average Bonchev–Trinajstić information content (AvgIpc) is 2.44. The molecule has 0 bridgehead atoms. The van der Waals surface area contributed by atoms with Crippen molar-refractivity contribution in [2.45, 2.75) is 33.2 Å². The minimum absolute atomic E-state index is 0.0461. The van der Waals surface area contributed by atoms with Crippen molar-refractivity contribution < 1.29 is 14.3 Å². The van der Waals surface area contributed by atoms with E-state index < -0.39 is 0 Å². The van der Waals surface area contributed by atoms with E-state index in [1.165, 1.54) is 0 Å². The van der Waals surface area contributed by atoms with E-state index in [9.17, 15) is 4.79 Å². The highest BCUT2D eigenvalue weighted by Gasteiger charge is 2.08. The Morgan fingerprint density at radius 1 is 1.21 bits per heavy atom. The summed E-state index contributed by atoms with van der Waals surface area (Å²) in [4.78, 5) is 11.9. The fourth-order valence-corrected chi connectivity index (χ4v) is 1.47. The number of carbonyl (C=O) groups is 1. The Hall–Kier alpha value is -1.55. The lowest BCUT2D eigenvalue weighted by Crippen LogP contribution is -2.31. The van der Waals surface area contributed by atoms with E-state index in [1.807, 2.05) is 20.8 Å². The molecule has 0 aliphatic carbocycles. The number of ether oxygens (including phenoxy) is 2. The molecule has 1 rings (SSSR count). The molecule has 1 amide bonds. The van der Waals surface area contributed by atoms with E-state index in [0.29, 0.717) is 25.4 Å². The fourth-order valence-electron chi connectivity index (χ4n) is 1.47. The van der Waals surface area contributed by atoms with Crippen LogP contribution < -0.4 is 10.1 Å². The van der Waals surface area contributed by atoms with Crippen LogP contribution in [0.5, 0.6) is 5.75 Å². The van der Waals surface area contributed by atoms with Crippen LogP contribution in [-0.2, 0) is 4.74 Å². The van der Waals surface area contributed by atoms with Gasteiger partial charge in [0.1, 0.15) is 12.4 Å². The summed E-state index contributed by atoms with van der Waals surface area (Å²) in [7, 11) is 0. The van der Waals surface area contributed by atoms with Gasteiger partial charge in [-0.1, -0.05) is 6.92 Å². The smallest absolute Gasteiger partial charge is 0.251 e. The third-order valence-corrected chi connectivity index (χ3v) is 2.81. The van der Waals surface area contributed by atoms with Gasteiger partial charge in [0.05, 0.1) is 6.61 Å². The fraction of sp³-hybridized carbons (Fsp3) is 0.533. The van der Waals surface area contributed by atoms with Gasteiger partial charge < -0.3 is 14.8 Å². The van der Waals surface area contributed by atoms with Crippen LogP contribution >= 0.6 is 0 Å². The zero-order valence-corrected chi connectivity index (χ0v) is 11.9. The second-order valence-corrected chi connectivity index (χ2v) is 4.35. The van der Waals surface area contributed by atoms with Crippen LogP contribution in [0, 0.1) is 0 Å². The van der Waals surface area contributed by atoms with Gasteiger partial charge in [-0.15, -0.1) is 0 Å². The molecule has 0 saturated heterocycles. The van der Waals surface area contributed by atoms with E-state index in [1.54, 1.807) is 24.3 Å². The monoisotopic (exact) mass is 265 g/mol. The van der Waals surface area contributed by atoms with E-state index in [0.717, 1.165) is 12.2 Å². The first-order chi connectivity index (χ1) is 9.17. The van der Waals surface area contributed by atoms with Crippen LogP contribution in [0.25, 0.3) is 0 Å². The molecule has 0 aromatic heterocycles. The number of carbonyl (C=O) groups excluding carboxylic acids is 1. The molecule has 1 unspecified atom stereocenters. The summed E-state index contributed by atoms with van der Waals surface area (Å²) >= 11 is 0. The van der Waals surface area contributed by atoms with Crippen LogP contribution in [0.15, 0.2) is 24.3 Å². The second kappa shape index (κ2) is 8.53. The third kappa shape index (κ3) is 5.75. The summed E-state index contributed by atoms with van der Waals surface area (Å²) in [6.45, 7) is 7.77. The summed E-state index contributed by atoms with van der Waals surface area (Å²) in [6, 6.07) is 7.34. The topological polar surface area (TPSA) is 47.6 Å². The predicted octanol–water partition coefficient (Wildman–Crippen LogP) is 2.63. The van der Waals surface area contributed by atoms with Crippen molar-refractivity contribution in [2.75, 3.05) is 19.8 Å². The number of hydrogen-bond donors (Lipinski definition) is 1. The highest BCUT2D eigenvalue weighted by atomic mass is 16.5.